The summed E-state index contributed by atoms with van der Waals surface area (Å²) in [7, 11) is 1.67. The lowest BCUT2D eigenvalue weighted by Gasteiger charge is -2.14. The van der Waals surface area contributed by atoms with Crippen molar-refractivity contribution in [3.63, 3.8) is 0 Å². The van der Waals surface area contributed by atoms with E-state index in [2.05, 4.69) is 5.43 Å². The van der Waals surface area contributed by atoms with Crippen molar-refractivity contribution >= 4 is 0 Å². The number of nitrogens with two attached hydrogens (primary N) is 1. The van der Waals surface area contributed by atoms with Crippen molar-refractivity contribution in [3.05, 3.63) is 0 Å². The Morgan fingerprint density at radius 2 is 2.25 bits per heavy atom. The van der Waals surface area contributed by atoms with Crippen LogP contribution in [0.25, 0.3) is 0 Å². The van der Waals surface area contributed by atoms with Crippen LogP contribution in [0, 0.1) is 5.92 Å². The Bertz CT molecular complexity index is 118. The van der Waals surface area contributed by atoms with Crippen LogP contribution in [0.4, 0.5) is 0 Å². The van der Waals surface area contributed by atoms with E-state index in [1.807, 2.05) is 0 Å². The van der Waals surface area contributed by atoms with Gasteiger partial charge in [-0.25, -0.2) is 0 Å². The van der Waals surface area contributed by atoms with Crippen LogP contribution < -0.4 is 11.3 Å². The Morgan fingerprint density at radius 1 is 1.50 bits per heavy atom. The quantitative estimate of drug-likeness (QED) is 0.321. The normalized spacial score (nSPS) is 19.5. The number of nitrogens with one attached hydrogen (secondary N) is 1. The van der Waals surface area contributed by atoms with Gasteiger partial charge in [-0.3, -0.25) is 11.3 Å². The third kappa shape index (κ3) is 3.49. The van der Waals surface area contributed by atoms with E-state index in [4.69, 9.17) is 15.3 Å². The van der Waals surface area contributed by atoms with Gasteiger partial charge in [0.15, 0.2) is 0 Å². The highest BCUT2D eigenvalue weighted by molar-refractivity contribution is 4.84. The SMILES string of the molecule is COCCOCC(NN)C1CC1. The van der Waals surface area contributed by atoms with E-state index in [-0.39, 0.29) is 0 Å². The first-order chi connectivity index (χ1) is 5.88. The Balaban J connectivity index is 1.95. The molecule has 3 N–H and O–H groups in total. The van der Waals surface area contributed by atoms with Gasteiger partial charge in [0.05, 0.1) is 19.8 Å². The summed E-state index contributed by atoms with van der Waals surface area (Å²) in [5.41, 5.74) is 2.78. The molecule has 72 valence electrons. The maximum Gasteiger partial charge on any atom is 0.0701 e. The second-order valence-electron chi connectivity index (χ2n) is 3.18. The van der Waals surface area contributed by atoms with E-state index >= 15 is 0 Å². The third-order valence-corrected chi connectivity index (χ3v) is 2.13. The molecule has 0 bridgehead atoms. The molecule has 1 saturated carbocycles. The fourth-order valence-corrected chi connectivity index (χ4v) is 1.17. The highest BCUT2D eigenvalue weighted by atomic mass is 16.5. The van der Waals surface area contributed by atoms with E-state index in [0.717, 1.165) is 5.92 Å². The number of methoxy groups -OCH3 is 1. The first-order valence-corrected chi connectivity index (χ1v) is 4.41. The lowest BCUT2D eigenvalue weighted by Crippen LogP contribution is -2.40. The van der Waals surface area contributed by atoms with Crippen LogP contribution >= 0.6 is 0 Å². The lowest BCUT2D eigenvalue weighted by atomic mass is 10.2. The molecular formula is C8H18N2O2. The average molecular weight is 174 g/mol. The summed E-state index contributed by atoms with van der Waals surface area (Å²) >= 11 is 0. The molecule has 12 heavy (non-hydrogen) atoms. The van der Waals surface area contributed by atoms with Crippen LogP contribution in [0.1, 0.15) is 12.8 Å². The standard InChI is InChI=1S/C8H18N2O2/c1-11-4-5-12-6-8(10-9)7-2-3-7/h7-8,10H,2-6,9H2,1H3. The van der Waals surface area contributed by atoms with Gasteiger partial charge < -0.3 is 9.47 Å². The first kappa shape index (κ1) is 9.92. The monoisotopic (exact) mass is 174 g/mol. The smallest absolute Gasteiger partial charge is 0.0701 e. The van der Waals surface area contributed by atoms with E-state index in [9.17, 15) is 0 Å². The maximum atomic E-state index is 5.37. The first-order valence-electron chi connectivity index (χ1n) is 4.41. The molecule has 1 atom stereocenters. The summed E-state index contributed by atoms with van der Waals surface area (Å²) in [5.74, 6) is 6.10. The maximum absolute atomic E-state index is 5.37. The zero-order chi connectivity index (χ0) is 8.81. The summed E-state index contributed by atoms with van der Waals surface area (Å²) in [6.45, 7) is 2.01. The van der Waals surface area contributed by atoms with Crippen LogP contribution in [0.2, 0.25) is 0 Å². The minimum atomic E-state index is 0.335. The predicted molar refractivity (Wildman–Crippen MR) is 46.5 cm³/mol. The second kappa shape index (κ2) is 5.48. The summed E-state index contributed by atoms with van der Waals surface area (Å²) in [6.07, 6.45) is 2.56. The Labute approximate surface area is 73.4 Å². The van der Waals surface area contributed by atoms with Crippen molar-refractivity contribution in [2.75, 3.05) is 26.9 Å². The Kier molecular flexibility index (Phi) is 4.53. The molecule has 1 aliphatic carbocycles. The molecule has 0 aromatic rings. The Morgan fingerprint density at radius 3 is 2.75 bits per heavy atom. The third-order valence-electron chi connectivity index (χ3n) is 2.13. The van der Waals surface area contributed by atoms with Crippen molar-refractivity contribution in [3.8, 4) is 0 Å². The highest BCUT2D eigenvalue weighted by Gasteiger charge is 2.30. The molecule has 1 unspecified atom stereocenters. The number of rotatable bonds is 7. The summed E-state index contributed by atoms with van der Waals surface area (Å²) < 4.78 is 10.2. The summed E-state index contributed by atoms with van der Waals surface area (Å²) in [4.78, 5) is 0. The lowest BCUT2D eigenvalue weighted by molar-refractivity contribution is 0.0555. The van der Waals surface area contributed by atoms with E-state index < -0.39 is 0 Å². The van der Waals surface area contributed by atoms with Gasteiger partial charge in [-0.2, -0.15) is 0 Å². The minimum Gasteiger partial charge on any atom is -0.382 e. The molecule has 4 nitrogen and oxygen atoms in total. The molecule has 0 spiro atoms. The van der Waals surface area contributed by atoms with Gasteiger partial charge in [0.25, 0.3) is 0 Å². The molecule has 4 heteroatoms. The van der Waals surface area contributed by atoms with Crippen LogP contribution in [0.5, 0.6) is 0 Å². The Hall–Kier alpha value is -0.160. The fourth-order valence-electron chi connectivity index (χ4n) is 1.17. The van der Waals surface area contributed by atoms with E-state index in [1.54, 1.807) is 7.11 Å². The fraction of sp³-hybridized carbons (Fsp3) is 1.00. The number of hydrogen-bond acceptors (Lipinski definition) is 4. The van der Waals surface area contributed by atoms with Gasteiger partial charge >= 0.3 is 0 Å². The van der Waals surface area contributed by atoms with Crippen molar-refractivity contribution in [1.82, 2.24) is 5.43 Å². The number of hydrogen-bond donors (Lipinski definition) is 2. The van der Waals surface area contributed by atoms with Crippen LogP contribution in [0.15, 0.2) is 0 Å². The van der Waals surface area contributed by atoms with E-state index in [1.165, 1.54) is 12.8 Å². The molecule has 0 aliphatic heterocycles. The largest absolute Gasteiger partial charge is 0.382 e. The molecule has 0 amide bonds. The van der Waals surface area contributed by atoms with Crippen molar-refractivity contribution in [2.24, 2.45) is 11.8 Å². The molecular weight excluding hydrogens is 156 g/mol. The molecule has 0 saturated heterocycles. The summed E-state index contributed by atoms with van der Waals surface area (Å²) in [6, 6.07) is 0.335. The zero-order valence-electron chi connectivity index (χ0n) is 7.58. The van der Waals surface area contributed by atoms with Gasteiger partial charge in [0.1, 0.15) is 0 Å². The molecule has 0 heterocycles. The number of ether oxygens (including phenoxy) is 2. The highest BCUT2D eigenvalue weighted by Crippen LogP contribution is 2.32. The second-order valence-corrected chi connectivity index (χ2v) is 3.18. The van der Waals surface area contributed by atoms with Gasteiger partial charge in [-0.05, 0) is 18.8 Å². The van der Waals surface area contributed by atoms with E-state index in [0.29, 0.717) is 25.9 Å². The minimum absolute atomic E-state index is 0.335. The molecule has 1 fully saturated rings. The van der Waals surface area contributed by atoms with Gasteiger partial charge in [0.2, 0.25) is 0 Å². The van der Waals surface area contributed by atoms with Gasteiger partial charge in [0, 0.05) is 13.2 Å². The number of hydrazine groups is 1. The average Bonchev–Trinajstić information content (AvgIpc) is 2.88. The molecule has 1 rings (SSSR count). The topological polar surface area (TPSA) is 56.5 Å². The van der Waals surface area contributed by atoms with Crippen molar-refractivity contribution < 1.29 is 9.47 Å². The molecule has 0 radical (unpaired) electrons. The zero-order valence-corrected chi connectivity index (χ0v) is 7.58. The molecule has 0 aromatic heterocycles. The molecule has 1 aliphatic rings. The molecule has 0 aromatic carbocycles. The van der Waals surface area contributed by atoms with Gasteiger partial charge in [-0.15, -0.1) is 0 Å². The van der Waals surface area contributed by atoms with Crippen LogP contribution in [0.3, 0.4) is 0 Å². The predicted octanol–water partition coefficient (Wildman–Crippen LogP) is -0.109. The van der Waals surface area contributed by atoms with Crippen LogP contribution in [-0.4, -0.2) is 33.0 Å². The van der Waals surface area contributed by atoms with Crippen molar-refractivity contribution in [1.29, 1.82) is 0 Å². The van der Waals surface area contributed by atoms with Crippen molar-refractivity contribution in [2.45, 2.75) is 18.9 Å². The summed E-state index contributed by atoms with van der Waals surface area (Å²) in [5, 5.41) is 0. The van der Waals surface area contributed by atoms with Gasteiger partial charge in [-0.1, -0.05) is 0 Å². The van der Waals surface area contributed by atoms with Crippen LogP contribution in [-0.2, 0) is 9.47 Å².